The predicted octanol–water partition coefficient (Wildman–Crippen LogP) is 3.48. The molecule has 0 saturated heterocycles. The van der Waals surface area contributed by atoms with Crippen molar-refractivity contribution in [2.75, 3.05) is 13.7 Å². The van der Waals surface area contributed by atoms with Gasteiger partial charge in [0.05, 0.1) is 0 Å². The van der Waals surface area contributed by atoms with E-state index in [9.17, 15) is 9.59 Å². The third kappa shape index (κ3) is 5.84. The van der Waals surface area contributed by atoms with Gasteiger partial charge in [-0.2, -0.15) is 0 Å². The van der Waals surface area contributed by atoms with Crippen molar-refractivity contribution in [1.29, 1.82) is 0 Å². The Morgan fingerprint density at radius 3 is 2.33 bits per heavy atom. The van der Waals surface area contributed by atoms with Gasteiger partial charge in [-0.05, 0) is 57.0 Å². The van der Waals surface area contributed by atoms with Crippen LogP contribution in [-0.4, -0.2) is 36.4 Å². The van der Waals surface area contributed by atoms with Gasteiger partial charge in [-0.1, -0.05) is 29.8 Å². The van der Waals surface area contributed by atoms with Crippen LogP contribution in [0.25, 0.3) is 0 Å². The Morgan fingerprint density at radius 1 is 1.07 bits per heavy atom. The molecule has 2 amide bonds. The van der Waals surface area contributed by atoms with Crippen LogP contribution in [0.2, 0.25) is 0 Å². The van der Waals surface area contributed by atoms with Crippen LogP contribution in [0.5, 0.6) is 5.75 Å². The Labute approximate surface area is 161 Å². The third-order valence-corrected chi connectivity index (χ3v) is 4.47. The van der Waals surface area contributed by atoms with Crippen LogP contribution in [0, 0.1) is 13.8 Å². The lowest BCUT2D eigenvalue weighted by atomic mass is 10.1. The number of ether oxygens (including phenoxy) is 1. The van der Waals surface area contributed by atoms with Crippen molar-refractivity contribution >= 4 is 11.8 Å². The van der Waals surface area contributed by atoms with E-state index in [0.717, 1.165) is 16.7 Å². The van der Waals surface area contributed by atoms with Gasteiger partial charge in [-0.15, -0.1) is 0 Å². The summed E-state index contributed by atoms with van der Waals surface area (Å²) in [6.45, 7) is 8.29. The molecule has 0 aliphatic rings. The number of benzene rings is 2. The Bertz CT molecular complexity index is 798. The molecule has 0 unspecified atom stereocenters. The van der Waals surface area contributed by atoms with E-state index in [1.807, 2.05) is 58.0 Å². The molecule has 0 aliphatic heterocycles. The smallest absolute Gasteiger partial charge is 0.258 e. The van der Waals surface area contributed by atoms with Crippen molar-refractivity contribution < 1.29 is 14.3 Å². The average molecular weight is 368 g/mol. The van der Waals surface area contributed by atoms with Gasteiger partial charge in [0.25, 0.3) is 11.8 Å². The molecule has 2 rings (SSSR count). The molecule has 1 N–H and O–H groups in total. The first-order valence-corrected chi connectivity index (χ1v) is 9.10. The first kappa shape index (κ1) is 20.5. The summed E-state index contributed by atoms with van der Waals surface area (Å²) in [6.07, 6.45) is 0. The number of amides is 2. The number of hydrogen-bond acceptors (Lipinski definition) is 3. The van der Waals surface area contributed by atoms with E-state index in [1.165, 1.54) is 0 Å². The minimum Gasteiger partial charge on any atom is -0.484 e. The third-order valence-electron chi connectivity index (χ3n) is 4.47. The highest BCUT2D eigenvalue weighted by Crippen LogP contribution is 2.18. The summed E-state index contributed by atoms with van der Waals surface area (Å²) in [5.41, 5.74) is 3.73. The van der Waals surface area contributed by atoms with Gasteiger partial charge in [0.1, 0.15) is 5.75 Å². The minimum absolute atomic E-state index is 0.0116. The van der Waals surface area contributed by atoms with E-state index in [4.69, 9.17) is 4.74 Å². The fraction of sp³-hybridized carbons (Fsp3) is 0.364. The highest BCUT2D eigenvalue weighted by Gasteiger charge is 2.14. The summed E-state index contributed by atoms with van der Waals surface area (Å²) in [6, 6.07) is 13.3. The predicted molar refractivity (Wildman–Crippen MR) is 107 cm³/mol. The number of aryl methyl sites for hydroxylation is 2. The largest absolute Gasteiger partial charge is 0.484 e. The van der Waals surface area contributed by atoms with Crippen LogP contribution in [0.1, 0.15) is 40.9 Å². The lowest BCUT2D eigenvalue weighted by Gasteiger charge is -2.21. The van der Waals surface area contributed by atoms with E-state index >= 15 is 0 Å². The van der Waals surface area contributed by atoms with Gasteiger partial charge in [0, 0.05) is 25.2 Å². The molecule has 0 aliphatic carbocycles. The van der Waals surface area contributed by atoms with Crippen molar-refractivity contribution in [1.82, 2.24) is 10.2 Å². The van der Waals surface area contributed by atoms with Crippen molar-refractivity contribution in [3.63, 3.8) is 0 Å². The fourth-order valence-corrected chi connectivity index (χ4v) is 2.56. The highest BCUT2D eigenvalue weighted by atomic mass is 16.5. The Balaban J connectivity index is 1.83. The van der Waals surface area contributed by atoms with Crippen LogP contribution < -0.4 is 10.1 Å². The minimum atomic E-state index is -0.185. The molecule has 0 aromatic heterocycles. The zero-order valence-corrected chi connectivity index (χ0v) is 16.7. The SMILES string of the molecule is Cc1ccc(OCC(=O)NCc2ccc(C(=O)N(C)C(C)C)cc2)c(C)c1. The van der Waals surface area contributed by atoms with Crippen molar-refractivity contribution in [2.45, 2.75) is 40.3 Å². The second-order valence-electron chi connectivity index (χ2n) is 7.04. The molecule has 5 heteroatoms. The lowest BCUT2D eigenvalue weighted by molar-refractivity contribution is -0.123. The maximum atomic E-state index is 12.3. The van der Waals surface area contributed by atoms with Gasteiger partial charge >= 0.3 is 0 Å². The molecule has 0 radical (unpaired) electrons. The van der Waals surface area contributed by atoms with Gasteiger partial charge in [0.2, 0.25) is 0 Å². The first-order valence-electron chi connectivity index (χ1n) is 9.10. The van der Waals surface area contributed by atoms with Crippen LogP contribution in [0.4, 0.5) is 0 Å². The molecule has 0 spiro atoms. The molecule has 5 nitrogen and oxygen atoms in total. The highest BCUT2D eigenvalue weighted by molar-refractivity contribution is 5.94. The molecule has 0 fully saturated rings. The quantitative estimate of drug-likeness (QED) is 0.814. The summed E-state index contributed by atoms with van der Waals surface area (Å²) < 4.78 is 5.58. The fourth-order valence-electron chi connectivity index (χ4n) is 2.56. The number of rotatable bonds is 7. The summed E-state index contributed by atoms with van der Waals surface area (Å²) in [4.78, 5) is 26.0. The number of carbonyl (C=O) groups is 2. The summed E-state index contributed by atoms with van der Waals surface area (Å²) in [5, 5.41) is 2.83. The molecule has 2 aromatic carbocycles. The molecule has 27 heavy (non-hydrogen) atoms. The van der Waals surface area contributed by atoms with E-state index in [0.29, 0.717) is 17.9 Å². The monoisotopic (exact) mass is 368 g/mol. The van der Waals surface area contributed by atoms with Crippen LogP contribution in [0.15, 0.2) is 42.5 Å². The van der Waals surface area contributed by atoms with Crippen molar-refractivity contribution in [2.24, 2.45) is 0 Å². The number of hydrogen-bond donors (Lipinski definition) is 1. The molecule has 144 valence electrons. The molecular weight excluding hydrogens is 340 g/mol. The topological polar surface area (TPSA) is 58.6 Å². The van der Waals surface area contributed by atoms with Crippen molar-refractivity contribution in [3.05, 3.63) is 64.7 Å². The van der Waals surface area contributed by atoms with E-state index in [-0.39, 0.29) is 24.5 Å². The second-order valence-corrected chi connectivity index (χ2v) is 7.04. The average Bonchev–Trinajstić information content (AvgIpc) is 2.64. The number of nitrogens with zero attached hydrogens (tertiary/aromatic N) is 1. The number of nitrogens with one attached hydrogen (secondary N) is 1. The van der Waals surface area contributed by atoms with E-state index in [2.05, 4.69) is 5.32 Å². The number of carbonyl (C=O) groups excluding carboxylic acids is 2. The second kappa shape index (κ2) is 9.21. The standard InChI is InChI=1S/C22H28N2O3/c1-15(2)24(5)22(26)19-9-7-18(8-10-19)13-23-21(25)14-27-20-11-6-16(3)12-17(20)4/h6-12,15H,13-14H2,1-5H3,(H,23,25). The van der Waals surface area contributed by atoms with Gasteiger partial charge in [-0.25, -0.2) is 0 Å². The zero-order valence-electron chi connectivity index (χ0n) is 16.7. The Hall–Kier alpha value is -2.82. The van der Waals surface area contributed by atoms with Crippen LogP contribution in [-0.2, 0) is 11.3 Å². The van der Waals surface area contributed by atoms with E-state index < -0.39 is 0 Å². The summed E-state index contributed by atoms with van der Waals surface area (Å²) >= 11 is 0. The molecule has 0 heterocycles. The molecule has 0 bridgehead atoms. The normalized spacial score (nSPS) is 10.6. The first-order chi connectivity index (χ1) is 12.8. The molecular formula is C22H28N2O3. The lowest BCUT2D eigenvalue weighted by Crippen LogP contribution is -2.33. The van der Waals surface area contributed by atoms with Crippen molar-refractivity contribution in [3.8, 4) is 5.75 Å². The van der Waals surface area contributed by atoms with Crippen LogP contribution >= 0.6 is 0 Å². The Morgan fingerprint density at radius 2 is 1.74 bits per heavy atom. The molecule has 2 aromatic rings. The molecule has 0 atom stereocenters. The maximum Gasteiger partial charge on any atom is 0.258 e. The summed E-state index contributed by atoms with van der Waals surface area (Å²) in [5.74, 6) is 0.519. The van der Waals surface area contributed by atoms with Gasteiger partial charge < -0.3 is 15.0 Å². The van der Waals surface area contributed by atoms with Gasteiger partial charge in [0.15, 0.2) is 6.61 Å². The summed E-state index contributed by atoms with van der Waals surface area (Å²) in [7, 11) is 1.79. The Kier molecular flexibility index (Phi) is 6.99. The maximum absolute atomic E-state index is 12.3. The zero-order chi connectivity index (χ0) is 20.0. The van der Waals surface area contributed by atoms with Crippen LogP contribution in [0.3, 0.4) is 0 Å². The molecule has 0 saturated carbocycles. The van der Waals surface area contributed by atoms with Gasteiger partial charge in [-0.3, -0.25) is 9.59 Å². The van der Waals surface area contributed by atoms with E-state index in [1.54, 1.807) is 24.1 Å².